The van der Waals surface area contributed by atoms with Crippen LogP contribution < -0.4 is 15.5 Å². The fourth-order valence-electron chi connectivity index (χ4n) is 4.21. The highest BCUT2D eigenvalue weighted by Crippen LogP contribution is 2.21. The van der Waals surface area contributed by atoms with Crippen molar-refractivity contribution in [2.45, 2.75) is 32.2 Å². The van der Waals surface area contributed by atoms with Gasteiger partial charge in [-0.1, -0.05) is 12.1 Å². The number of rotatable bonds is 8. The van der Waals surface area contributed by atoms with Crippen molar-refractivity contribution in [3.05, 3.63) is 80.2 Å². The Labute approximate surface area is 196 Å². The fourth-order valence-corrected chi connectivity index (χ4v) is 4.21. The molecule has 9 nitrogen and oxygen atoms in total. The number of carbonyl (C=O) groups is 1. The lowest BCUT2D eigenvalue weighted by Crippen LogP contribution is -2.45. The van der Waals surface area contributed by atoms with Crippen molar-refractivity contribution < 1.29 is 18.9 Å². The van der Waals surface area contributed by atoms with Gasteiger partial charge in [0.05, 0.1) is 16.9 Å². The summed E-state index contributed by atoms with van der Waals surface area (Å²) in [6, 6.07) is 12.7. The van der Waals surface area contributed by atoms with E-state index in [1.165, 1.54) is 18.2 Å². The van der Waals surface area contributed by atoms with Crippen LogP contribution >= 0.6 is 0 Å². The smallest absolute Gasteiger partial charge is 0.282 e. The molecule has 1 aliphatic rings. The van der Waals surface area contributed by atoms with Gasteiger partial charge in [-0.2, -0.15) is 0 Å². The van der Waals surface area contributed by atoms with Crippen molar-refractivity contribution in [3.8, 4) is 5.75 Å². The summed E-state index contributed by atoms with van der Waals surface area (Å²) in [5.74, 6) is 0.828. The number of nitrogens with zero attached hydrogens (tertiary/aromatic N) is 2. The van der Waals surface area contributed by atoms with E-state index in [4.69, 9.17) is 9.15 Å². The first-order chi connectivity index (χ1) is 16.4. The Balaban J connectivity index is 1.20. The minimum atomic E-state index is -0.533. The number of likely N-dealkylation sites (tertiary alicyclic amines) is 1. The topological polar surface area (TPSA) is 115 Å². The summed E-state index contributed by atoms with van der Waals surface area (Å²) in [5.41, 5.74) is 0.371. The van der Waals surface area contributed by atoms with Crippen LogP contribution in [-0.4, -0.2) is 48.0 Å². The van der Waals surface area contributed by atoms with E-state index in [0.717, 1.165) is 38.9 Å². The number of hydrogen-bond acceptors (Lipinski definition) is 7. The molecule has 0 unspecified atom stereocenters. The van der Waals surface area contributed by atoms with E-state index in [9.17, 15) is 19.7 Å². The fraction of sp³-hybridized carbons (Fsp3) is 0.360. The molecule has 1 N–H and O–H groups in total. The van der Waals surface area contributed by atoms with Gasteiger partial charge in [-0.05, 0) is 44.4 Å². The molecular weight excluding hydrogens is 438 g/mol. The predicted octanol–water partition coefficient (Wildman–Crippen LogP) is 3.67. The van der Waals surface area contributed by atoms with Gasteiger partial charge in [0.2, 0.25) is 0 Å². The van der Waals surface area contributed by atoms with Gasteiger partial charge < -0.3 is 19.4 Å². The van der Waals surface area contributed by atoms with Crippen LogP contribution in [0.2, 0.25) is 0 Å². The van der Waals surface area contributed by atoms with E-state index in [1.807, 2.05) is 0 Å². The SMILES string of the molecule is Cc1cc(=O)c2ccc(OCCCN3CCC(NC(=O)c4ccccc4[N+](=O)[O-])CC3)cc2o1. The number of nitro groups is 1. The number of hydrogen-bond donors (Lipinski definition) is 1. The number of carbonyl (C=O) groups excluding carboxylic acids is 1. The van der Waals surface area contributed by atoms with Crippen LogP contribution in [0.4, 0.5) is 5.69 Å². The van der Waals surface area contributed by atoms with Crippen molar-refractivity contribution in [1.82, 2.24) is 10.2 Å². The summed E-state index contributed by atoms with van der Waals surface area (Å²) >= 11 is 0. The van der Waals surface area contributed by atoms with E-state index in [1.54, 1.807) is 37.3 Å². The third kappa shape index (κ3) is 5.60. The standard InChI is InChI=1S/C25H27N3O6/c1-17-15-23(29)21-8-7-19(16-24(21)34-17)33-14-4-11-27-12-9-18(10-13-27)26-25(30)20-5-2-3-6-22(20)28(31)32/h2-3,5-8,15-16,18H,4,9-14H2,1H3,(H,26,30). The van der Waals surface area contributed by atoms with E-state index in [-0.39, 0.29) is 22.7 Å². The molecule has 0 atom stereocenters. The van der Waals surface area contributed by atoms with Crippen LogP contribution in [0, 0.1) is 17.0 Å². The highest BCUT2D eigenvalue weighted by molar-refractivity contribution is 5.98. The van der Waals surface area contributed by atoms with Gasteiger partial charge in [0.1, 0.15) is 22.7 Å². The summed E-state index contributed by atoms with van der Waals surface area (Å²) in [6.07, 6.45) is 2.41. The summed E-state index contributed by atoms with van der Waals surface area (Å²) in [6.45, 7) is 4.82. The van der Waals surface area contributed by atoms with Gasteiger partial charge in [0, 0.05) is 43.9 Å². The lowest BCUT2D eigenvalue weighted by Gasteiger charge is -2.32. The summed E-state index contributed by atoms with van der Waals surface area (Å²) in [4.78, 5) is 37.4. The lowest BCUT2D eigenvalue weighted by atomic mass is 10.0. The molecule has 2 heterocycles. The summed E-state index contributed by atoms with van der Waals surface area (Å²) < 4.78 is 11.5. The third-order valence-corrected chi connectivity index (χ3v) is 5.98. The van der Waals surface area contributed by atoms with Crippen LogP contribution in [0.15, 0.2) is 57.7 Å². The normalized spacial score (nSPS) is 14.7. The zero-order valence-corrected chi connectivity index (χ0v) is 19.0. The molecule has 1 fully saturated rings. The molecule has 0 aliphatic carbocycles. The zero-order valence-electron chi connectivity index (χ0n) is 19.0. The Morgan fingerprint density at radius 1 is 1.21 bits per heavy atom. The third-order valence-electron chi connectivity index (χ3n) is 5.98. The Morgan fingerprint density at radius 2 is 1.97 bits per heavy atom. The quantitative estimate of drug-likeness (QED) is 0.307. The number of para-hydroxylation sites is 1. The van der Waals surface area contributed by atoms with E-state index < -0.39 is 10.8 Å². The molecule has 178 valence electrons. The number of ether oxygens (including phenoxy) is 1. The molecule has 9 heteroatoms. The summed E-state index contributed by atoms with van der Waals surface area (Å²) in [5, 5.41) is 14.6. The molecule has 3 aromatic rings. The van der Waals surface area contributed by atoms with Crippen molar-refractivity contribution in [2.75, 3.05) is 26.2 Å². The zero-order chi connectivity index (χ0) is 24.1. The van der Waals surface area contributed by atoms with Gasteiger partial charge in [-0.3, -0.25) is 19.7 Å². The number of fused-ring (bicyclic) bond motifs is 1. The molecule has 1 saturated heterocycles. The van der Waals surface area contributed by atoms with Gasteiger partial charge in [0.25, 0.3) is 11.6 Å². The Bertz CT molecular complexity index is 1250. The van der Waals surface area contributed by atoms with E-state index >= 15 is 0 Å². The van der Waals surface area contributed by atoms with Crippen LogP contribution in [0.1, 0.15) is 35.4 Å². The number of amides is 1. The number of benzene rings is 2. The average molecular weight is 466 g/mol. The van der Waals surface area contributed by atoms with Crippen molar-refractivity contribution >= 4 is 22.6 Å². The predicted molar refractivity (Wildman–Crippen MR) is 127 cm³/mol. The first-order valence-corrected chi connectivity index (χ1v) is 11.3. The van der Waals surface area contributed by atoms with Gasteiger partial charge in [-0.15, -0.1) is 0 Å². The Hall–Kier alpha value is -3.72. The molecule has 0 saturated carbocycles. The second kappa shape index (κ2) is 10.5. The first-order valence-electron chi connectivity index (χ1n) is 11.3. The lowest BCUT2D eigenvalue weighted by molar-refractivity contribution is -0.385. The number of nitrogens with one attached hydrogen (secondary N) is 1. The van der Waals surface area contributed by atoms with Gasteiger partial charge in [0.15, 0.2) is 5.43 Å². The van der Waals surface area contributed by atoms with Gasteiger partial charge in [-0.25, -0.2) is 0 Å². The molecule has 1 aromatic heterocycles. The highest BCUT2D eigenvalue weighted by Gasteiger charge is 2.24. The van der Waals surface area contributed by atoms with Crippen LogP contribution in [0.3, 0.4) is 0 Å². The molecule has 0 spiro atoms. The minimum Gasteiger partial charge on any atom is -0.493 e. The molecule has 1 aliphatic heterocycles. The van der Waals surface area contributed by atoms with Crippen molar-refractivity contribution in [2.24, 2.45) is 0 Å². The molecule has 4 rings (SSSR count). The van der Waals surface area contributed by atoms with Crippen LogP contribution in [-0.2, 0) is 0 Å². The number of piperidine rings is 1. The molecule has 34 heavy (non-hydrogen) atoms. The largest absolute Gasteiger partial charge is 0.493 e. The molecule has 0 radical (unpaired) electrons. The van der Waals surface area contributed by atoms with Crippen molar-refractivity contribution in [1.29, 1.82) is 0 Å². The number of nitro benzene ring substituents is 1. The maximum absolute atomic E-state index is 12.5. The second-order valence-electron chi connectivity index (χ2n) is 8.44. The second-order valence-corrected chi connectivity index (χ2v) is 8.44. The Morgan fingerprint density at radius 3 is 2.74 bits per heavy atom. The molecule has 1 amide bonds. The maximum atomic E-state index is 12.5. The average Bonchev–Trinajstić information content (AvgIpc) is 2.82. The molecular formula is C25H27N3O6. The van der Waals surface area contributed by atoms with E-state index in [0.29, 0.717) is 29.1 Å². The van der Waals surface area contributed by atoms with E-state index in [2.05, 4.69) is 10.2 Å². The Kier molecular flexibility index (Phi) is 7.22. The van der Waals surface area contributed by atoms with Crippen LogP contribution in [0.5, 0.6) is 5.75 Å². The maximum Gasteiger partial charge on any atom is 0.282 e. The first kappa shape index (κ1) is 23.4. The molecule has 2 aromatic carbocycles. The molecule has 0 bridgehead atoms. The monoisotopic (exact) mass is 465 g/mol. The number of aryl methyl sites for hydroxylation is 1. The van der Waals surface area contributed by atoms with Crippen LogP contribution in [0.25, 0.3) is 11.0 Å². The highest BCUT2D eigenvalue weighted by atomic mass is 16.6. The summed E-state index contributed by atoms with van der Waals surface area (Å²) in [7, 11) is 0. The van der Waals surface area contributed by atoms with Gasteiger partial charge >= 0.3 is 0 Å². The minimum absolute atomic E-state index is 0.00415. The van der Waals surface area contributed by atoms with Crippen molar-refractivity contribution in [3.63, 3.8) is 0 Å².